The second kappa shape index (κ2) is 4.89. The standard InChI is InChI=1S/Al.2H3OSi.H2/c;2*1-2;/h;2*2H3;1H/q+2;2*-1;. The fourth-order valence-corrected chi connectivity index (χ4v) is 2.60. The van der Waals surface area contributed by atoms with E-state index in [2.05, 4.69) is 0 Å². The third-order valence-corrected chi connectivity index (χ3v) is 1.73. The van der Waals surface area contributed by atoms with Crippen molar-refractivity contribution >= 4 is 36.9 Å². The molecule has 5 heavy (non-hydrogen) atoms. The summed E-state index contributed by atoms with van der Waals surface area (Å²) < 4.78 is 9.45. The summed E-state index contributed by atoms with van der Waals surface area (Å²) in [6.45, 7) is 0. The number of rotatable bonds is 2. The molecule has 0 aliphatic heterocycles. The molecule has 1 radical (unpaired) electrons. The molecule has 31 valence electrons. The molecule has 0 unspecified atom stereocenters. The van der Waals surface area contributed by atoms with Gasteiger partial charge in [0.1, 0.15) is 21.0 Å². The Morgan fingerprint density at radius 2 is 1.80 bits per heavy atom. The lowest BCUT2D eigenvalue weighted by Gasteiger charge is -1.85. The second-order valence-electron chi connectivity index (χ2n) is 0.568. The van der Waals surface area contributed by atoms with Crippen LogP contribution in [0.1, 0.15) is 1.43 Å². The van der Waals surface area contributed by atoms with Crippen molar-refractivity contribution in [2.45, 2.75) is 0 Å². The molecule has 0 aliphatic rings. The van der Waals surface area contributed by atoms with Gasteiger partial charge in [0.2, 0.25) is 0 Å². The normalized spacial score (nSPS) is 8.80. The van der Waals surface area contributed by atoms with E-state index < -0.39 is 0 Å². The first-order valence-corrected chi connectivity index (χ1v) is 3.86. The molecule has 0 aromatic carbocycles. The molecule has 0 N–H and O–H groups in total. The second-order valence-corrected chi connectivity index (χ2v) is 4.53. The molecular weight excluding hydrogens is 115 g/mol. The highest BCUT2D eigenvalue weighted by Crippen LogP contribution is 1.52. The van der Waals surface area contributed by atoms with Crippen molar-refractivity contribution in [2.75, 3.05) is 0 Å². The minimum atomic E-state index is -0.0617. The first-order chi connectivity index (χ1) is 2.41. The molecule has 0 fully saturated rings. The Morgan fingerprint density at radius 3 is 1.80 bits per heavy atom. The molecule has 0 saturated heterocycles. The van der Waals surface area contributed by atoms with Gasteiger partial charge in [0.05, 0.1) is 0 Å². The lowest BCUT2D eigenvalue weighted by molar-refractivity contribution is 0.513. The van der Waals surface area contributed by atoms with Crippen LogP contribution in [0.3, 0.4) is 0 Å². The summed E-state index contributed by atoms with van der Waals surface area (Å²) in [7, 11) is 1.67. The molecule has 0 bridgehead atoms. The van der Waals surface area contributed by atoms with Gasteiger partial charge in [-0.2, -0.15) is 0 Å². The molecule has 0 spiro atoms. The van der Waals surface area contributed by atoms with Gasteiger partial charge in [-0.25, -0.2) is 0 Å². The lowest BCUT2D eigenvalue weighted by Crippen LogP contribution is -1.96. The maximum absolute atomic E-state index is 4.73. The molecule has 0 rings (SSSR count). The van der Waals surface area contributed by atoms with Gasteiger partial charge in [-0.3, -0.25) is 0 Å². The van der Waals surface area contributed by atoms with E-state index >= 15 is 0 Å². The monoisotopic (exact) mass is 123 g/mol. The van der Waals surface area contributed by atoms with Crippen LogP contribution >= 0.6 is 0 Å². The largest absolute Gasteiger partial charge is 0.643 e. The average molecular weight is 123 g/mol. The Morgan fingerprint density at radius 1 is 1.40 bits per heavy atom. The summed E-state index contributed by atoms with van der Waals surface area (Å²) >= 11 is -0.0617. The molecule has 0 aromatic heterocycles. The molecule has 0 heterocycles. The van der Waals surface area contributed by atoms with E-state index in [0.29, 0.717) is 0 Å². The highest BCUT2D eigenvalue weighted by Gasteiger charge is 1.80. The van der Waals surface area contributed by atoms with Crippen molar-refractivity contribution in [1.82, 2.24) is 0 Å². The van der Waals surface area contributed by atoms with Gasteiger partial charge in [0.15, 0.2) is 0 Å². The van der Waals surface area contributed by atoms with Crippen LogP contribution in [0, 0.1) is 0 Å². The van der Waals surface area contributed by atoms with Crippen LogP contribution in [0.4, 0.5) is 0 Å². The number of hydrogen-bond acceptors (Lipinski definition) is 2. The number of hydrogen-bond donors (Lipinski definition) is 0. The zero-order valence-corrected chi connectivity index (χ0v) is 8.55. The van der Waals surface area contributed by atoms with Gasteiger partial charge < -0.3 is 6.96 Å². The lowest BCUT2D eigenvalue weighted by atomic mass is 15.7. The zero-order valence-electron chi connectivity index (χ0n) is 3.39. The van der Waals surface area contributed by atoms with Crippen molar-refractivity contribution in [3.8, 4) is 0 Å². The molecule has 0 atom stereocenters. The van der Waals surface area contributed by atoms with Crippen molar-refractivity contribution in [1.29, 1.82) is 0 Å². The van der Waals surface area contributed by atoms with Gasteiger partial charge >= 0.3 is 15.9 Å². The Kier molecular flexibility index (Phi) is 5.75. The molecular formula is H8AlO2Si2. The minimum absolute atomic E-state index is 0. The Hall–Kier alpha value is 0.886. The van der Waals surface area contributed by atoms with E-state index in [1.54, 1.807) is 0 Å². The van der Waals surface area contributed by atoms with E-state index in [0.717, 1.165) is 21.0 Å². The topological polar surface area (TPSA) is 18.5 Å². The van der Waals surface area contributed by atoms with Gasteiger partial charge in [0, 0.05) is 1.43 Å². The van der Waals surface area contributed by atoms with Crippen LogP contribution in [0.2, 0.25) is 0 Å². The maximum Gasteiger partial charge on any atom is 0.643 e. The van der Waals surface area contributed by atoms with E-state index in [9.17, 15) is 0 Å². The van der Waals surface area contributed by atoms with Crippen LogP contribution in [-0.2, 0) is 6.96 Å². The quantitative estimate of drug-likeness (QED) is 0.374. The van der Waals surface area contributed by atoms with Crippen LogP contribution in [0.15, 0.2) is 0 Å². The van der Waals surface area contributed by atoms with Gasteiger partial charge in [-0.1, -0.05) is 0 Å². The van der Waals surface area contributed by atoms with Crippen molar-refractivity contribution < 1.29 is 8.38 Å². The van der Waals surface area contributed by atoms with E-state index in [1.165, 1.54) is 0 Å². The van der Waals surface area contributed by atoms with E-state index in [1.807, 2.05) is 0 Å². The first-order valence-electron chi connectivity index (χ1n) is 1.29. The van der Waals surface area contributed by atoms with Gasteiger partial charge in [-0.05, 0) is 0 Å². The van der Waals surface area contributed by atoms with Crippen LogP contribution < -0.4 is 0 Å². The van der Waals surface area contributed by atoms with E-state index in [-0.39, 0.29) is 17.3 Å². The molecule has 2 nitrogen and oxygen atoms in total. The fourth-order valence-electron chi connectivity index (χ4n) is 0.0962. The molecule has 0 saturated carbocycles. The summed E-state index contributed by atoms with van der Waals surface area (Å²) in [6, 6.07) is 0. The Balaban J connectivity index is 0. The van der Waals surface area contributed by atoms with Crippen molar-refractivity contribution in [3.63, 3.8) is 0 Å². The molecule has 0 aliphatic carbocycles. The average Bonchev–Trinajstić information content (AvgIpc) is 1.41. The summed E-state index contributed by atoms with van der Waals surface area (Å²) in [5.41, 5.74) is 0. The summed E-state index contributed by atoms with van der Waals surface area (Å²) in [5.74, 6) is 0. The van der Waals surface area contributed by atoms with Crippen molar-refractivity contribution in [3.05, 3.63) is 0 Å². The highest BCUT2D eigenvalue weighted by molar-refractivity contribution is 6.33. The van der Waals surface area contributed by atoms with Crippen molar-refractivity contribution in [2.24, 2.45) is 0 Å². The van der Waals surface area contributed by atoms with Crippen LogP contribution in [-0.4, -0.2) is 36.9 Å². The molecule has 0 amide bonds. The highest BCUT2D eigenvalue weighted by atomic mass is 28.2. The molecule has 5 heteroatoms. The van der Waals surface area contributed by atoms with Crippen LogP contribution in [0.5, 0.6) is 0 Å². The maximum atomic E-state index is 4.73. The Bertz CT molecular complexity index is 19.0. The van der Waals surface area contributed by atoms with E-state index in [4.69, 9.17) is 6.96 Å². The van der Waals surface area contributed by atoms with Gasteiger partial charge in [-0.15, -0.1) is 0 Å². The zero-order chi connectivity index (χ0) is 4.12. The predicted molar refractivity (Wildman–Crippen MR) is 29.9 cm³/mol. The summed E-state index contributed by atoms with van der Waals surface area (Å²) in [5, 5.41) is 0. The first kappa shape index (κ1) is 5.89. The third-order valence-electron chi connectivity index (χ3n) is 0.192. The Labute approximate surface area is 45.8 Å². The third kappa shape index (κ3) is 4.89. The molecule has 0 aromatic rings. The van der Waals surface area contributed by atoms with Crippen LogP contribution in [0.25, 0.3) is 0 Å². The predicted octanol–water partition coefficient (Wildman–Crippen LogP) is -2.64. The SMILES string of the molecule is [HH].[SiH3][O][Al][O][SiH3]. The summed E-state index contributed by atoms with van der Waals surface area (Å²) in [4.78, 5) is 0. The summed E-state index contributed by atoms with van der Waals surface area (Å²) in [6.07, 6.45) is 0. The van der Waals surface area contributed by atoms with Gasteiger partial charge in [0.25, 0.3) is 0 Å². The fraction of sp³-hybridized carbons (Fsp3) is 0. The smallest absolute Gasteiger partial charge is 0.535 e. The minimum Gasteiger partial charge on any atom is -0.535 e.